The van der Waals surface area contributed by atoms with Gasteiger partial charge >= 0.3 is 0 Å². The first-order valence-corrected chi connectivity index (χ1v) is 7.28. The number of benzene rings is 1. The molecule has 2 rings (SSSR count). The van der Waals surface area contributed by atoms with Crippen LogP contribution in [0.3, 0.4) is 0 Å². The van der Waals surface area contributed by atoms with E-state index in [9.17, 15) is 4.39 Å². The summed E-state index contributed by atoms with van der Waals surface area (Å²) in [6.07, 6.45) is 2.30. The van der Waals surface area contributed by atoms with Gasteiger partial charge in [-0.3, -0.25) is 4.99 Å². The largest absolute Gasteiger partial charge is 0.352 e. The summed E-state index contributed by atoms with van der Waals surface area (Å²) in [7, 11) is 1.74. The molecule has 0 aromatic heterocycles. The Morgan fingerprint density at radius 2 is 2.19 bits per heavy atom. The van der Waals surface area contributed by atoms with E-state index in [0.717, 1.165) is 37.8 Å². The van der Waals surface area contributed by atoms with Gasteiger partial charge in [-0.25, -0.2) is 4.39 Å². The van der Waals surface area contributed by atoms with Gasteiger partial charge < -0.3 is 10.2 Å². The first kappa shape index (κ1) is 15.3. The number of hydrogen-bond donors (Lipinski definition) is 1. The number of nitrogens with zero attached hydrogens (tertiary/aromatic N) is 3. The van der Waals surface area contributed by atoms with Crippen LogP contribution in [0.5, 0.6) is 0 Å². The molecule has 112 valence electrons. The highest BCUT2D eigenvalue weighted by atomic mass is 19.1. The molecule has 1 heterocycles. The highest BCUT2D eigenvalue weighted by Crippen LogP contribution is 2.16. The predicted octanol–water partition coefficient (Wildman–Crippen LogP) is 2.50. The number of aliphatic imine (C=N–C) groups is 1. The van der Waals surface area contributed by atoms with E-state index in [1.807, 2.05) is 6.07 Å². The number of halogens is 1. The molecule has 5 heteroatoms. The summed E-state index contributed by atoms with van der Waals surface area (Å²) in [5.74, 6) is 1.25. The lowest BCUT2D eigenvalue weighted by atomic mass is 9.99. The number of hydrogen-bond acceptors (Lipinski definition) is 2. The summed E-state index contributed by atoms with van der Waals surface area (Å²) in [5.41, 5.74) is 0.954. The van der Waals surface area contributed by atoms with Crippen molar-refractivity contribution in [1.82, 2.24) is 10.2 Å². The molecular formula is C16H21FN4. The number of guanidine groups is 1. The Bertz CT molecular complexity index is 554. The van der Waals surface area contributed by atoms with Crippen molar-refractivity contribution in [3.63, 3.8) is 0 Å². The van der Waals surface area contributed by atoms with E-state index >= 15 is 0 Å². The lowest BCUT2D eigenvalue weighted by Crippen LogP contribution is -2.45. The second kappa shape index (κ2) is 7.07. The van der Waals surface area contributed by atoms with Gasteiger partial charge in [0.2, 0.25) is 0 Å². The lowest BCUT2D eigenvalue weighted by molar-refractivity contribution is 0.273. The molecule has 1 N–H and O–H groups in total. The van der Waals surface area contributed by atoms with E-state index in [0.29, 0.717) is 17.7 Å². The van der Waals surface area contributed by atoms with E-state index in [1.54, 1.807) is 13.1 Å². The molecule has 0 unspecified atom stereocenters. The zero-order valence-electron chi connectivity index (χ0n) is 12.6. The quantitative estimate of drug-likeness (QED) is 0.672. The van der Waals surface area contributed by atoms with Crippen molar-refractivity contribution in [2.45, 2.75) is 26.3 Å². The molecule has 1 aromatic carbocycles. The first-order chi connectivity index (χ1) is 10.1. The summed E-state index contributed by atoms with van der Waals surface area (Å²) >= 11 is 0. The summed E-state index contributed by atoms with van der Waals surface area (Å²) in [5, 5.41) is 12.1. The van der Waals surface area contributed by atoms with Crippen LogP contribution >= 0.6 is 0 Å². The fourth-order valence-corrected chi connectivity index (χ4v) is 2.51. The second-order valence-corrected chi connectivity index (χ2v) is 5.49. The van der Waals surface area contributed by atoms with Gasteiger partial charge in [0, 0.05) is 32.2 Å². The van der Waals surface area contributed by atoms with E-state index in [4.69, 9.17) is 5.26 Å². The van der Waals surface area contributed by atoms with Crippen molar-refractivity contribution in [3.8, 4) is 6.07 Å². The predicted molar refractivity (Wildman–Crippen MR) is 81.3 cm³/mol. The van der Waals surface area contributed by atoms with Crippen molar-refractivity contribution in [2.75, 3.05) is 20.1 Å². The molecule has 0 saturated carbocycles. The third-order valence-corrected chi connectivity index (χ3v) is 3.91. The second-order valence-electron chi connectivity index (χ2n) is 5.49. The molecule has 0 bridgehead atoms. The number of rotatable bonds is 2. The highest BCUT2D eigenvalue weighted by Gasteiger charge is 2.18. The molecule has 21 heavy (non-hydrogen) atoms. The monoisotopic (exact) mass is 288 g/mol. The van der Waals surface area contributed by atoms with Crippen molar-refractivity contribution < 1.29 is 4.39 Å². The van der Waals surface area contributed by atoms with Gasteiger partial charge in [0.1, 0.15) is 5.82 Å². The molecule has 1 aromatic rings. The maximum absolute atomic E-state index is 13.8. The van der Waals surface area contributed by atoms with Crippen LogP contribution in [0.2, 0.25) is 0 Å². The van der Waals surface area contributed by atoms with Crippen molar-refractivity contribution >= 4 is 5.96 Å². The van der Waals surface area contributed by atoms with Crippen LogP contribution in [0.25, 0.3) is 0 Å². The van der Waals surface area contributed by atoms with Gasteiger partial charge in [-0.1, -0.05) is 6.92 Å². The van der Waals surface area contributed by atoms with Gasteiger partial charge in [-0.2, -0.15) is 5.26 Å². The Morgan fingerprint density at radius 1 is 1.48 bits per heavy atom. The van der Waals surface area contributed by atoms with E-state index in [2.05, 4.69) is 22.1 Å². The Kier molecular flexibility index (Phi) is 5.15. The van der Waals surface area contributed by atoms with E-state index in [1.165, 1.54) is 12.1 Å². The fraction of sp³-hybridized carbons (Fsp3) is 0.500. The Morgan fingerprint density at radius 3 is 2.81 bits per heavy atom. The maximum Gasteiger partial charge on any atom is 0.193 e. The molecule has 1 fully saturated rings. The summed E-state index contributed by atoms with van der Waals surface area (Å²) < 4.78 is 13.8. The third kappa shape index (κ3) is 3.94. The van der Waals surface area contributed by atoms with Gasteiger partial charge in [0.05, 0.1) is 11.6 Å². The molecular weight excluding hydrogens is 267 g/mol. The van der Waals surface area contributed by atoms with Gasteiger partial charge in [0.15, 0.2) is 5.96 Å². The molecule has 4 nitrogen and oxygen atoms in total. The van der Waals surface area contributed by atoms with Crippen molar-refractivity contribution in [3.05, 3.63) is 35.1 Å². The summed E-state index contributed by atoms with van der Waals surface area (Å²) in [6.45, 7) is 4.54. The zero-order chi connectivity index (χ0) is 15.2. The summed E-state index contributed by atoms with van der Waals surface area (Å²) in [4.78, 5) is 6.47. The normalized spacial score (nSPS) is 16.7. The van der Waals surface area contributed by atoms with Crippen LogP contribution in [0, 0.1) is 23.1 Å². The van der Waals surface area contributed by atoms with Gasteiger partial charge in [-0.15, -0.1) is 0 Å². The maximum atomic E-state index is 13.8. The Labute approximate surface area is 125 Å². The molecule has 1 aliphatic rings. The average Bonchev–Trinajstić information content (AvgIpc) is 2.51. The molecule has 0 radical (unpaired) electrons. The number of piperidine rings is 1. The zero-order valence-corrected chi connectivity index (χ0v) is 12.6. The number of nitrogens with one attached hydrogen (secondary N) is 1. The smallest absolute Gasteiger partial charge is 0.193 e. The molecule has 0 amide bonds. The van der Waals surface area contributed by atoms with Crippen LogP contribution in [0.4, 0.5) is 4.39 Å². The molecule has 1 aliphatic heterocycles. The number of nitriles is 1. The van der Waals surface area contributed by atoms with Crippen molar-refractivity contribution in [1.29, 1.82) is 5.26 Å². The van der Waals surface area contributed by atoms with Crippen LogP contribution in [-0.4, -0.2) is 31.0 Å². The molecule has 0 aliphatic carbocycles. The van der Waals surface area contributed by atoms with E-state index < -0.39 is 0 Å². The van der Waals surface area contributed by atoms with Crippen LogP contribution in [0.1, 0.15) is 30.9 Å². The van der Waals surface area contributed by atoms with Crippen LogP contribution in [-0.2, 0) is 6.54 Å². The summed E-state index contributed by atoms with van der Waals surface area (Å²) in [6, 6.07) is 6.43. The van der Waals surface area contributed by atoms with Gasteiger partial charge in [-0.05, 0) is 37.0 Å². The molecule has 0 atom stereocenters. The highest BCUT2D eigenvalue weighted by molar-refractivity contribution is 5.79. The van der Waals surface area contributed by atoms with Crippen LogP contribution in [0.15, 0.2) is 23.2 Å². The SMILES string of the molecule is CN=C(NCc1cc(C#N)ccc1F)N1CCC(C)CC1. The molecule has 0 spiro atoms. The van der Waals surface area contributed by atoms with Crippen molar-refractivity contribution in [2.24, 2.45) is 10.9 Å². The first-order valence-electron chi connectivity index (χ1n) is 7.28. The third-order valence-electron chi connectivity index (χ3n) is 3.91. The minimum Gasteiger partial charge on any atom is -0.352 e. The molecule has 1 saturated heterocycles. The lowest BCUT2D eigenvalue weighted by Gasteiger charge is -2.32. The fourth-order valence-electron chi connectivity index (χ4n) is 2.51. The number of likely N-dealkylation sites (tertiary alicyclic amines) is 1. The Balaban J connectivity index is 1.99. The van der Waals surface area contributed by atoms with Crippen LogP contribution < -0.4 is 5.32 Å². The standard InChI is InChI=1S/C16H21FN4/c1-12-5-7-21(8-6-12)16(19-2)20-11-14-9-13(10-18)3-4-15(14)17/h3-4,9,12H,5-8,11H2,1-2H3,(H,19,20). The topological polar surface area (TPSA) is 51.4 Å². The average molecular weight is 288 g/mol. The Hall–Kier alpha value is -2.09. The van der Waals surface area contributed by atoms with E-state index in [-0.39, 0.29) is 5.82 Å². The minimum absolute atomic E-state index is 0.302. The minimum atomic E-state index is -0.302. The van der Waals surface area contributed by atoms with Gasteiger partial charge in [0.25, 0.3) is 0 Å².